The minimum Gasteiger partial charge on any atom is -0.477 e. The number of amides is 1. The van der Waals surface area contributed by atoms with Crippen LogP contribution < -0.4 is 5.32 Å². The molecule has 0 radical (unpaired) electrons. The highest BCUT2D eigenvalue weighted by Crippen LogP contribution is 2.25. The minimum absolute atomic E-state index is 0.119. The van der Waals surface area contributed by atoms with Gasteiger partial charge in [0.2, 0.25) is 15.9 Å². The number of sulfonamides is 1. The summed E-state index contributed by atoms with van der Waals surface area (Å²) in [6, 6.07) is 2.17. The van der Waals surface area contributed by atoms with Gasteiger partial charge in [-0.05, 0) is 25.0 Å². The summed E-state index contributed by atoms with van der Waals surface area (Å²) in [4.78, 5) is 23.2. The van der Waals surface area contributed by atoms with Crippen LogP contribution in [0.3, 0.4) is 0 Å². The number of carboxylic acids is 1. The van der Waals surface area contributed by atoms with Crippen LogP contribution in [0, 0.1) is 0 Å². The number of nitrogens with zero attached hydrogens (tertiary/aromatic N) is 1. The van der Waals surface area contributed by atoms with Crippen molar-refractivity contribution in [3.63, 3.8) is 0 Å². The minimum atomic E-state index is -3.44. The lowest BCUT2D eigenvalue weighted by molar-refractivity contribution is -0.120. The van der Waals surface area contributed by atoms with Gasteiger partial charge in [0.1, 0.15) is 10.9 Å². The molecule has 116 valence electrons. The van der Waals surface area contributed by atoms with E-state index in [2.05, 4.69) is 5.32 Å². The van der Waals surface area contributed by atoms with Crippen LogP contribution >= 0.6 is 11.3 Å². The number of aromatic carboxylic acids is 1. The average Bonchev–Trinajstić information content (AvgIpc) is 2.86. The lowest BCUT2D eigenvalue weighted by Gasteiger charge is -2.32. The zero-order valence-corrected chi connectivity index (χ0v) is 13.0. The molecule has 21 heavy (non-hydrogen) atoms. The molecule has 1 aromatic heterocycles. The molecule has 7 nitrogen and oxygen atoms in total. The number of carbonyl (C=O) groups is 2. The maximum Gasteiger partial charge on any atom is 0.345 e. The predicted molar refractivity (Wildman–Crippen MR) is 79.1 cm³/mol. The van der Waals surface area contributed by atoms with Crippen LogP contribution in [0.2, 0.25) is 0 Å². The molecule has 1 aromatic rings. The Labute approximate surface area is 126 Å². The van der Waals surface area contributed by atoms with Crippen molar-refractivity contribution in [3.05, 3.63) is 17.0 Å². The number of hydrogen-bond acceptors (Lipinski definition) is 5. The van der Waals surface area contributed by atoms with E-state index in [-0.39, 0.29) is 4.88 Å². The molecule has 1 amide bonds. The molecule has 0 saturated carbocycles. The van der Waals surface area contributed by atoms with Crippen LogP contribution in [0.4, 0.5) is 5.00 Å². The van der Waals surface area contributed by atoms with Crippen molar-refractivity contribution in [3.8, 4) is 0 Å². The van der Waals surface area contributed by atoms with Gasteiger partial charge in [0, 0.05) is 6.54 Å². The molecular weight excluding hydrogens is 316 g/mol. The van der Waals surface area contributed by atoms with E-state index < -0.39 is 27.9 Å². The van der Waals surface area contributed by atoms with Crippen LogP contribution in [0.15, 0.2) is 12.1 Å². The largest absolute Gasteiger partial charge is 0.477 e. The first-order valence-corrected chi connectivity index (χ1v) is 9.06. The quantitative estimate of drug-likeness (QED) is 0.862. The Morgan fingerprint density at radius 3 is 2.67 bits per heavy atom. The lowest BCUT2D eigenvalue weighted by atomic mass is 10.0. The highest BCUT2D eigenvalue weighted by molar-refractivity contribution is 7.88. The fourth-order valence-corrected chi connectivity index (χ4v) is 4.16. The Kier molecular flexibility index (Phi) is 4.64. The van der Waals surface area contributed by atoms with Crippen molar-refractivity contribution in [2.24, 2.45) is 0 Å². The van der Waals surface area contributed by atoms with Crippen molar-refractivity contribution in [1.82, 2.24) is 4.31 Å². The van der Waals surface area contributed by atoms with E-state index in [9.17, 15) is 18.0 Å². The van der Waals surface area contributed by atoms with E-state index in [1.165, 1.54) is 16.4 Å². The summed E-state index contributed by atoms with van der Waals surface area (Å²) in [6.07, 6.45) is 3.08. The molecule has 0 bridgehead atoms. The van der Waals surface area contributed by atoms with Gasteiger partial charge >= 0.3 is 5.97 Å². The van der Waals surface area contributed by atoms with Gasteiger partial charge in [-0.3, -0.25) is 4.79 Å². The van der Waals surface area contributed by atoms with Crippen LogP contribution in [-0.4, -0.2) is 48.5 Å². The molecule has 0 spiro atoms. The third kappa shape index (κ3) is 3.80. The van der Waals surface area contributed by atoms with Gasteiger partial charge in [0.15, 0.2) is 0 Å². The van der Waals surface area contributed by atoms with Crippen LogP contribution in [0.1, 0.15) is 28.9 Å². The van der Waals surface area contributed by atoms with Crippen LogP contribution in [0.5, 0.6) is 0 Å². The van der Waals surface area contributed by atoms with E-state index in [4.69, 9.17) is 5.11 Å². The molecule has 9 heteroatoms. The Bertz CT molecular complexity index is 652. The van der Waals surface area contributed by atoms with E-state index in [0.717, 1.165) is 30.4 Å². The third-order valence-corrected chi connectivity index (χ3v) is 5.52. The van der Waals surface area contributed by atoms with Crippen LogP contribution in [-0.2, 0) is 14.8 Å². The van der Waals surface area contributed by atoms with Gasteiger partial charge < -0.3 is 10.4 Å². The van der Waals surface area contributed by atoms with E-state index in [1.807, 2.05) is 0 Å². The van der Waals surface area contributed by atoms with E-state index >= 15 is 0 Å². The average molecular weight is 332 g/mol. The van der Waals surface area contributed by atoms with Gasteiger partial charge in [-0.25, -0.2) is 13.2 Å². The molecule has 2 rings (SSSR count). The molecule has 1 saturated heterocycles. The standard InChI is InChI=1S/C12H16N2O5S2/c1-21(18,19)14-7-3-2-4-8(14)11(15)13-10-6-5-9(20-10)12(16)17/h5-6,8H,2-4,7H2,1H3,(H,13,15)(H,16,17). The summed E-state index contributed by atoms with van der Waals surface area (Å²) in [5, 5.41) is 11.8. The summed E-state index contributed by atoms with van der Waals surface area (Å²) < 4.78 is 24.6. The molecule has 0 aliphatic carbocycles. The number of piperidine rings is 1. The highest BCUT2D eigenvalue weighted by atomic mass is 32.2. The molecule has 2 N–H and O–H groups in total. The van der Waals surface area contributed by atoms with Crippen molar-refractivity contribution in [2.45, 2.75) is 25.3 Å². The Balaban J connectivity index is 2.12. The normalized spacial score (nSPS) is 20.1. The Morgan fingerprint density at radius 2 is 2.10 bits per heavy atom. The lowest BCUT2D eigenvalue weighted by Crippen LogP contribution is -2.49. The number of carbonyl (C=O) groups excluding carboxylic acids is 1. The monoisotopic (exact) mass is 332 g/mol. The number of carboxylic acid groups (broad SMARTS) is 1. The Hall–Kier alpha value is -1.45. The van der Waals surface area contributed by atoms with Crippen molar-refractivity contribution < 1.29 is 23.1 Å². The predicted octanol–water partition coefficient (Wildman–Crippen LogP) is 1.20. The summed E-state index contributed by atoms with van der Waals surface area (Å²) >= 11 is 0.943. The maximum absolute atomic E-state index is 12.2. The zero-order chi connectivity index (χ0) is 15.6. The first-order chi connectivity index (χ1) is 9.79. The molecule has 1 unspecified atom stereocenters. The molecule has 1 aliphatic rings. The van der Waals surface area contributed by atoms with Crippen molar-refractivity contribution in [1.29, 1.82) is 0 Å². The van der Waals surface area contributed by atoms with Gasteiger partial charge in [-0.15, -0.1) is 11.3 Å². The molecule has 2 heterocycles. The number of thiophene rings is 1. The number of hydrogen-bond donors (Lipinski definition) is 2. The summed E-state index contributed by atoms with van der Waals surface area (Å²) in [7, 11) is -3.44. The van der Waals surface area contributed by atoms with Gasteiger partial charge in [0.25, 0.3) is 0 Å². The number of anilines is 1. The molecule has 1 aliphatic heterocycles. The van der Waals surface area contributed by atoms with E-state index in [1.54, 1.807) is 0 Å². The number of nitrogens with one attached hydrogen (secondary N) is 1. The number of rotatable bonds is 4. The van der Waals surface area contributed by atoms with Gasteiger partial charge in [-0.1, -0.05) is 6.42 Å². The highest BCUT2D eigenvalue weighted by Gasteiger charge is 2.34. The SMILES string of the molecule is CS(=O)(=O)N1CCCCC1C(=O)Nc1ccc(C(=O)O)s1. The summed E-state index contributed by atoms with van der Waals surface area (Å²) in [6.45, 7) is 0.335. The second kappa shape index (κ2) is 6.12. The summed E-state index contributed by atoms with van der Waals surface area (Å²) in [5.74, 6) is -1.48. The van der Waals surface area contributed by atoms with E-state index in [0.29, 0.717) is 18.0 Å². The van der Waals surface area contributed by atoms with Gasteiger partial charge in [0.05, 0.1) is 11.3 Å². The van der Waals surface area contributed by atoms with Crippen LogP contribution in [0.25, 0.3) is 0 Å². The second-order valence-electron chi connectivity index (χ2n) is 4.84. The fraction of sp³-hybridized carbons (Fsp3) is 0.500. The zero-order valence-electron chi connectivity index (χ0n) is 11.4. The fourth-order valence-electron chi connectivity index (χ4n) is 2.29. The first kappa shape index (κ1) is 15.9. The molecule has 1 atom stereocenters. The molecular formula is C12H16N2O5S2. The maximum atomic E-state index is 12.2. The molecule has 0 aromatic carbocycles. The van der Waals surface area contributed by atoms with Crippen molar-refractivity contribution >= 4 is 38.2 Å². The smallest absolute Gasteiger partial charge is 0.345 e. The summed E-state index contributed by atoms with van der Waals surface area (Å²) in [5.41, 5.74) is 0. The second-order valence-corrected chi connectivity index (χ2v) is 7.86. The molecule has 1 fully saturated rings. The third-order valence-electron chi connectivity index (χ3n) is 3.25. The van der Waals surface area contributed by atoms with Gasteiger partial charge in [-0.2, -0.15) is 4.31 Å². The topological polar surface area (TPSA) is 104 Å². The first-order valence-electron chi connectivity index (χ1n) is 6.40. The van der Waals surface area contributed by atoms with Crippen molar-refractivity contribution in [2.75, 3.05) is 18.1 Å². The Morgan fingerprint density at radius 1 is 1.38 bits per heavy atom.